The number of aryl methyl sites for hydroxylation is 1. The van der Waals surface area contributed by atoms with Gasteiger partial charge in [0.05, 0.1) is 19.3 Å². The molecule has 144 valence electrons. The van der Waals surface area contributed by atoms with E-state index < -0.39 is 8.07 Å². The third-order valence-electron chi connectivity index (χ3n) is 6.62. The van der Waals surface area contributed by atoms with Crippen LogP contribution in [0, 0.1) is 6.92 Å². The first kappa shape index (κ1) is 20.4. The van der Waals surface area contributed by atoms with E-state index >= 15 is 0 Å². The van der Waals surface area contributed by atoms with Crippen LogP contribution >= 0.6 is 0 Å². The average molecular weight is 380 g/mol. The van der Waals surface area contributed by atoms with Crippen molar-refractivity contribution < 1.29 is 9.31 Å². The molecule has 0 aromatic heterocycles. The summed E-state index contributed by atoms with van der Waals surface area (Å²) in [6.07, 6.45) is 0.977. The molecular weight excluding hydrogens is 347 g/mol. The molecule has 2 nitrogen and oxygen atoms in total. The Morgan fingerprint density at radius 2 is 1.37 bits per heavy atom. The molecule has 2 aromatic carbocycles. The van der Waals surface area contributed by atoms with Gasteiger partial charge in [-0.1, -0.05) is 78.4 Å². The fraction of sp³-hybridized carbons (Fsp3) is 0.478. The van der Waals surface area contributed by atoms with Crippen LogP contribution in [0.2, 0.25) is 18.5 Å². The Morgan fingerprint density at radius 3 is 1.89 bits per heavy atom. The fourth-order valence-electron chi connectivity index (χ4n) is 3.80. The van der Waals surface area contributed by atoms with Crippen LogP contribution in [0.5, 0.6) is 0 Å². The number of rotatable bonds is 5. The predicted molar refractivity (Wildman–Crippen MR) is 118 cm³/mol. The van der Waals surface area contributed by atoms with Crippen LogP contribution < -0.4 is 5.19 Å². The lowest BCUT2D eigenvalue weighted by Gasteiger charge is -2.34. The van der Waals surface area contributed by atoms with E-state index in [9.17, 15) is 0 Å². The Hall–Kier alpha value is -1.36. The first-order valence-electron chi connectivity index (χ1n) is 10.00. The van der Waals surface area contributed by atoms with Gasteiger partial charge in [-0.25, -0.2) is 0 Å². The average Bonchev–Trinajstić information content (AvgIpc) is 2.82. The molecule has 4 heteroatoms. The van der Waals surface area contributed by atoms with Gasteiger partial charge in [0.25, 0.3) is 0 Å². The zero-order chi connectivity index (χ0) is 19.9. The van der Waals surface area contributed by atoms with E-state index in [2.05, 4.69) is 102 Å². The van der Waals surface area contributed by atoms with Gasteiger partial charge in [0.1, 0.15) is 0 Å². The summed E-state index contributed by atoms with van der Waals surface area (Å²) in [7, 11) is -2.03. The van der Waals surface area contributed by atoms with Gasteiger partial charge in [-0.3, -0.25) is 0 Å². The van der Waals surface area contributed by atoms with Crippen LogP contribution in [0.3, 0.4) is 0 Å². The molecule has 0 aliphatic carbocycles. The summed E-state index contributed by atoms with van der Waals surface area (Å²) in [6.45, 7) is 15.6. The van der Waals surface area contributed by atoms with Gasteiger partial charge in [-0.2, -0.15) is 0 Å². The molecule has 0 bridgehead atoms. The van der Waals surface area contributed by atoms with E-state index in [4.69, 9.17) is 9.31 Å². The Labute approximate surface area is 166 Å². The molecule has 3 rings (SSSR count). The highest BCUT2D eigenvalue weighted by molar-refractivity contribution is 6.97. The predicted octanol–water partition coefficient (Wildman–Crippen LogP) is 5.15. The molecule has 1 aliphatic heterocycles. The van der Waals surface area contributed by atoms with Crippen molar-refractivity contribution in [2.75, 3.05) is 0 Å². The van der Waals surface area contributed by atoms with Crippen molar-refractivity contribution in [3.8, 4) is 0 Å². The molecule has 2 aromatic rings. The molecular formula is C23H33BO2Si. The van der Waals surface area contributed by atoms with Gasteiger partial charge >= 0.3 is 7.12 Å². The summed E-state index contributed by atoms with van der Waals surface area (Å²) in [4.78, 5) is 0. The molecule has 0 amide bonds. The van der Waals surface area contributed by atoms with Gasteiger partial charge in [0.2, 0.25) is 0 Å². The van der Waals surface area contributed by atoms with Crippen LogP contribution in [-0.2, 0) is 15.7 Å². The second-order valence-corrected chi connectivity index (χ2v) is 14.3. The lowest BCUT2D eigenvalue weighted by Crippen LogP contribution is -2.53. The quantitative estimate of drug-likeness (QED) is 0.668. The van der Waals surface area contributed by atoms with Crippen LogP contribution in [-0.4, -0.2) is 26.4 Å². The largest absolute Gasteiger partial charge is 0.458 e. The lowest BCUT2D eigenvalue weighted by molar-refractivity contribution is 0.00578. The lowest BCUT2D eigenvalue weighted by atomic mass is 9.80. The van der Waals surface area contributed by atoms with Gasteiger partial charge < -0.3 is 9.31 Å². The smallest absolute Gasteiger partial charge is 0.403 e. The van der Waals surface area contributed by atoms with Crippen molar-refractivity contribution in [1.82, 2.24) is 0 Å². The van der Waals surface area contributed by atoms with E-state index in [-0.39, 0.29) is 18.3 Å². The van der Waals surface area contributed by atoms with Crippen LogP contribution in [0.4, 0.5) is 0 Å². The first-order chi connectivity index (χ1) is 12.5. The zero-order valence-electron chi connectivity index (χ0n) is 17.9. The number of hydrogen-bond donors (Lipinski definition) is 0. The van der Waals surface area contributed by atoms with E-state index in [1.807, 2.05) is 0 Å². The van der Waals surface area contributed by atoms with Crippen molar-refractivity contribution in [2.45, 2.75) is 70.8 Å². The maximum Gasteiger partial charge on any atom is 0.458 e. The molecule has 1 unspecified atom stereocenters. The Balaban J connectivity index is 1.98. The van der Waals surface area contributed by atoms with Crippen molar-refractivity contribution in [3.05, 3.63) is 65.7 Å². The highest BCUT2D eigenvalue weighted by Gasteiger charge is 2.56. The zero-order valence-corrected chi connectivity index (χ0v) is 18.9. The topological polar surface area (TPSA) is 18.5 Å². The summed E-state index contributed by atoms with van der Waals surface area (Å²) in [6, 6.07) is 19.9. The first-order valence-corrected chi connectivity index (χ1v) is 13.1. The van der Waals surface area contributed by atoms with E-state index in [1.165, 1.54) is 16.3 Å². The normalized spacial score (nSPS) is 19.9. The number of benzene rings is 2. The van der Waals surface area contributed by atoms with E-state index in [1.54, 1.807) is 0 Å². The Kier molecular flexibility index (Phi) is 5.46. The molecule has 0 saturated carbocycles. The molecule has 27 heavy (non-hydrogen) atoms. The summed E-state index contributed by atoms with van der Waals surface area (Å²) >= 11 is 0. The van der Waals surface area contributed by atoms with Gasteiger partial charge in [-0.15, -0.1) is 0 Å². The Morgan fingerprint density at radius 1 is 0.852 bits per heavy atom. The van der Waals surface area contributed by atoms with Crippen LogP contribution in [0.15, 0.2) is 54.6 Å². The van der Waals surface area contributed by atoms with Crippen molar-refractivity contribution in [1.29, 1.82) is 0 Å². The van der Waals surface area contributed by atoms with Gasteiger partial charge in [-0.05, 0) is 52.0 Å². The minimum atomic E-state index is -1.85. The third-order valence-corrected chi connectivity index (χ3v) is 10.8. The second-order valence-electron chi connectivity index (χ2n) is 9.51. The van der Waals surface area contributed by atoms with Crippen molar-refractivity contribution >= 4 is 20.4 Å². The maximum atomic E-state index is 6.54. The monoisotopic (exact) mass is 380 g/mol. The highest BCUT2D eigenvalue weighted by Crippen LogP contribution is 2.43. The molecule has 0 N–H and O–H groups in total. The van der Waals surface area contributed by atoms with Crippen molar-refractivity contribution in [3.63, 3.8) is 0 Å². The molecule has 0 spiro atoms. The summed E-state index contributed by atoms with van der Waals surface area (Å²) < 4.78 is 13.1. The SMILES string of the molecule is Cc1ccc(CC(B2OC(C)(C)C(C)(C)O2)[Si](C)(C)c2ccccc2)cc1. The molecule has 1 heterocycles. The molecule has 1 atom stereocenters. The maximum absolute atomic E-state index is 6.54. The van der Waals surface area contributed by atoms with Crippen LogP contribution in [0.25, 0.3) is 0 Å². The molecule has 1 aliphatic rings. The minimum Gasteiger partial charge on any atom is -0.403 e. The minimum absolute atomic E-state index is 0.182. The van der Waals surface area contributed by atoms with Crippen molar-refractivity contribution in [2.24, 2.45) is 0 Å². The molecule has 1 fully saturated rings. The fourth-order valence-corrected chi connectivity index (χ4v) is 6.85. The molecule has 1 saturated heterocycles. The highest BCUT2D eigenvalue weighted by atomic mass is 28.3. The second kappa shape index (κ2) is 7.23. The van der Waals surface area contributed by atoms with Crippen LogP contribution in [0.1, 0.15) is 38.8 Å². The third kappa shape index (κ3) is 4.08. The summed E-state index contributed by atoms with van der Waals surface area (Å²) in [5.74, 6) is 0. The van der Waals surface area contributed by atoms with Gasteiger partial charge in [0, 0.05) is 0 Å². The standard InChI is InChI=1S/C23H33BO2Si/c1-18-13-15-19(16-14-18)17-21(24-25-22(2,3)23(4,5)26-24)27(6,7)20-11-9-8-10-12-20/h8-16,21H,17H2,1-7H3. The van der Waals surface area contributed by atoms with Gasteiger partial charge in [0.15, 0.2) is 0 Å². The van der Waals surface area contributed by atoms with E-state index in [0.29, 0.717) is 5.44 Å². The van der Waals surface area contributed by atoms with E-state index in [0.717, 1.165) is 6.42 Å². The Bertz CT molecular complexity index is 753. The summed E-state index contributed by atoms with van der Waals surface area (Å²) in [5, 5.41) is 1.46. The number of hydrogen-bond acceptors (Lipinski definition) is 2. The summed E-state index contributed by atoms with van der Waals surface area (Å²) in [5.41, 5.74) is 2.39. The molecule has 0 radical (unpaired) electrons.